The van der Waals surface area contributed by atoms with E-state index >= 15 is 0 Å². The number of carbonyl (C=O) groups is 1. The lowest BCUT2D eigenvalue weighted by molar-refractivity contribution is -0.115. The number of hydrogen-bond acceptors (Lipinski definition) is 4. The Hall–Kier alpha value is -2.66. The van der Waals surface area contributed by atoms with Crippen LogP contribution >= 0.6 is 11.8 Å². The van der Waals surface area contributed by atoms with Gasteiger partial charge in [-0.25, -0.2) is 9.97 Å². The molecule has 1 unspecified atom stereocenters. The van der Waals surface area contributed by atoms with Gasteiger partial charge < -0.3 is 5.32 Å². The predicted molar refractivity (Wildman–Crippen MR) is 121 cm³/mol. The van der Waals surface area contributed by atoms with Gasteiger partial charge in [-0.1, -0.05) is 74.5 Å². The predicted octanol–water partition coefficient (Wildman–Crippen LogP) is 6.00. The average Bonchev–Trinajstić information content (AvgIpc) is 2.77. The second kappa shape index (κ2) is 10.8. The van der Waals surface area contributed by atoms with Crippen molar-refractivity contribution >= 4 is 23.4 Å². The van der Waals surface area contributed by atoms with E-state index < -0.39 is 0 Å². The molecule has 2 aromatic carbocycles. The largest absolute Gasteiger partial charge is 0.325 e. The summed E-state index contributed by atoms with van der Waals surface area (Å²) in [6, 6.07) is 20.1. The molecule has 1 amide bonds. The zero-order chi connectivity index (χ0) is 20.5. The molecule has 0 spiro atoms. The number of anilines is 1. The first kappa shape index (κ1) is 21.1. The number of nitrogens with one attached hydrogen (secondary N) is 1. The first-order valence-electron chi connectivity index (χ1n) is 10.1. The van der Waals surface area contributed by atoms with Crippen molar-refractivity contribution in [1.82, 2.24) is 9.97 Å². The Bertz CT molecular complexity index is 913. The zero-order valence-electron chi connectivity index (χ0n) is 17.0. The second-order valence-electron chi connectivity index (χ2n) is 6.91. The fraction of sp³-hybridized carbons (Fsp3) is 0.292. The van der Waals surface area contributed by atoms with E-state index in [-0.39, 0.29) is 11.2 Å². The molecule has 5 heteroatoms. The van der Waals surface area contributed by atoms with Crippen LogP contribution in [0.25, 0.3) is 11.3 Å². The summed E-state index contributed by atoms with van der Waals surface area (Å²) in [5, 5.41) is 3.63. The molecule has 0 radical (unpaired) electrons. The molecule has 1 atom stereocenters. The van der Waals surface area contributed by atoms with Gasteiger partial charge in [-0.05, 0) is 43.0 Å². The maximum atomic E-state index is 12.8. The highest BCUT2D eigenvalue weighted by atomic mass is 32.2. The van der Waals surface area contributed by atoms with E-state index in [2.05, 4.69) is 34.3 Å². The van der Waals surface area contributed by atoms with Gasteiger partial charge in [0.1, 0.15) is 11.4 Å². The molecule has 0 bridgehead atoms. The van der Waals surface area contributed by atoms with E-state index in [0.29, 0.717) is 0 Å². The summed E-state index contributed by atoms with van der Waals surface area (Å²) < 4.78 is 0. The lowest BCUT2D eigenvalue weighted by atomic mass is 10.1. The normalized spacial score (nSPS) is 11.8. The Labute approximate surface area is 177 Å². The zero-order valence-corrected chi connectivity index (χ0v) is 17.8. The molecule has 0 fully saturated rings. The Morgan fingerprint density at radius 2 is 1.79 bits per heavy atom. The Balaban J connectivity index is 1.64. The van der Waals surface area contributed by atoms with Gasteiger partial charge in [0.2, 0.25) is 5.91 Å². The molecule has 0 saturated carbocycles. The van der Waals surface area contributed by atoms with Crippen molar-refractivity contribution in [2.45, 2.75) is 49.8 Å². The van der Waals surface area contributed by atoms with E-state index in [9.17, 15) is 4.79 Å². The third-order valence-corrected chi connectivity index (χ3v) is 5.97. The highest BCUT2D eigenvalue weighted by Gasteiger charge is 2.19. The van der Waals surface area contributed by atoms with Crippen molar-refractivity contribution in [3.05, 3.63) is 72.6 Å². The fourth-order valence-electron chi connectivity index (χ4n) is 3.00. The van der Waals surface area contributed by atoms with Crippen LogP contribution < -0.4 is 5.32 Å². The Morgan fingerprint density at radius 1 is 1.03 bits per heavy atom. The van der Waals surface area contributed by atoms with Gasteiger partial charge in [0.25, 0.3) is 0 Å². The highest BCUT2D eigenvalue weighted by Crippen LogP contribution is 2.27. The molecule has 3 aromatic rings. The fourth-order valence-corrected chi connectivity index (χ4v) is 3.91. The summed E-state index contributed by atoms with van der Waals surface area (Å²) >= 11 is 1.48. The quantitative estimate of drug-likeness (QED) is 0.351. The number of amides is 1. The smallest absolute Gasteiger partial charge is 0.237 e. The summed E-state index contributed by atoms with van der Waals surface area (Å²) in [7, 11) is 0. The van der Waals surface area contributed by atoms with Crippen LogP contribution in [-0.2, 0) is 11.2 Å². The maximum absolute atomic E-state index is 12.8. The molecular formula is C24H27N3OS. The molecule has 0 aliphatic carbocycles. The van der Waals surface area contributed by atoms with Gasteiger partial charge >= 0.3 is 0 Å². The highest BCUT2D eigenvalue weighted by molar-refractivity contribution is 8.00. The van der Waals surface area contributed by atoms with Crippen molar-refractivity contribution in [3.8, 4) is 11.3 Å². The number of rotatable bonds is 9. The molecule has 3 rings (SSSR count). The van der Waals surface area contributed by atoms with Crippen LogP contribution in [0.1, 0.15) is 38.7 Å². The van der Waals surface area contributed by atoms with Crippen molar-refractivity contribution < 1.29 is 4.79 Å². The first-order valence-corrected chi connectivity index (χ1v) is 11.0. The first-order chi connectivity index (χ1) is 14.2. The van der Waals surface area contributed by atoms with E-state index in [1.807, 2.05) is 55.5 Å². The lowest BCUT2D eigenvalue weighted by Crippen LogP contribution is -2.24. The molecule has 1 aromatic heterocycles. The van der Waals surface area contributed by atoms with Crippen LogP contribution in [0.4, 0.5) is 5.69 Å². The molecule has 29 heavy (non-hydrogen) atoms. The number of unbranched alkanes of at least 4 members (excludes halogenated alkanes) is 1. The SMILES string of the molecule is CCCCc1ccc(NC(=O)C(CC)Sc2cc(-c3ccccc3)ncn2)cc1. The summed E-state index contributed by atoms with van der Waals surface area (Å²) in [5.74, 6) is -0.00122. The van der Waals surface area contributed by atoms with Gasteiger partial charge in [-0.2, -0.15) is 0 Å². The number of carbonyl (C=O) groups excluding carboxylic acids is 1. The molecule has 1 N–H and O–H groups in total. The van der Waals surface area contributed by atoms with Gasteiger partial charge in [0, 0.05) is 11.3 Å². The average molecular weight is 406 g/mol. The minimum Gasteiger partial charge on any atom is -0.325 e. The van der Waals surface area contributed by atoms with Gasteiger partial charge in [0.05, 0.1) is 10.9 Å². The van der Waals surface area contributed by atoms with Crippen LogP contribution in [0.2, 0.25) is 0 Å². The summed E-state index contributed by atoms with van der Waals surface area (Å²) in [6.45, 7) is 4.21. The standard InChI is InChI=1S/C24H27N3OS/c1-3-5-9-18-12-14-20(15-13-18)27-24(28)22(4-2)29-23-16-21(25-17-26-23)19-10-7-6-8-11-19/h6-8,10-17,22H,3-5,9H2,1-2H3,(H,27,28). The molecular weight excluding hydrogens is 378 g/mol. The number of aromatic nitrogens is 2. The lowest BCUT2D eigenvalue weighted by Gasteiger charge is -2.15. The Kier molecular flexibility index (Phi) is 7.82. The van der Waals surface area contributed by atoms with Crippen LogP contribution in [0.15, 0.2) is 72.0 Å². The van der Waals surface area contributed by atoms with Crippen LogP contribution in [0.5, 0.6) is 0 Å². The topological polar surface area (TPSA) is 54.9 Å². The van der Waals surface area contributed by atoms with Crippen molar-refractivity contribution in [1.29, 1.82) is 0 Å². The van der Waals surface area contributed by atoms with Gasteiger partial charge in [-0.3, -0.25) is 4.79 Å². The molecule has 0 aliphatic rings. The number of nitrogens with zero attached hydrogens (tertiary/aromatic N) is 2. The molecule has 4 nitrogen and oxygen atoms in total. The second-order valence-corrected chi connectivity index (χ2v) is 8.13. The summed E-state index contributed by atoms with van der Waals surface area (Å²) in [4.78, 5) is 21.5. The molecule has 0 saturated heterocycles. The minimum atomic E-state index is -0.215. The summed E-state index contributed by atoms with van der Waals surface area (Å²) in [5.41, 5.74) is 4.04. The summed E-state index contributed by atoms with van der Waals surface area (Å²) in [6.07, 6.45) is 5.72. The van der Waals surface area contributed by atoms with E-state index in [1.165, 1.54) is 30.2 Å². The maximum Gasteiger partial charge on any atom is 0.237 e. The Morgan fingerprint density at radius 3 is 2.48 bits per heavy atom. The van der Waals surface area contributed by atoms with E-state index in [1.54, 1.807) is 6.33 Å². The molecule has 1 heterocycles. The van der Waals surface area contributed by atoms with Crippen molar-refractivity contribution in [2.24, 2.45) is 0 Å². The van der Waals surface area contributed by atoms with Crippen LogP contribution in [0, 0.1) is 0 Å². The minimum absolute atomic E-state index is 0.00122. The van der Waals surface area contributed by atoms with Crippen LogP contribution in [-0.4, -0.2) is 21.1 Å². The van der Waals surface area contributed by atoms with Gasteiger partial charge in [-0.15, -0.1) is 0 Å². The van der Waals surface area contributed by atoms with Crippen molar-refractivity contribution in [3.63, 3.8) is 0 Å². The third kappa shape index (κ3) is 6.16. The number of thioether (sulfide) groups is 1. The van der Waals surface area contributed by atoms with Gasteiger partial charge in [0.15, 0.2) is 0 Å². The molecule has 0 aliphatic heterocycles. The number of aryl methyl sites for hydroxylation is 1. The third-order valence-electron chi connectivity index (χ3n) is 4.68. The number of hydrogen-bond donors (Lipinski definition) is 1. The van der Waals surface area contributed by atoms with E-state index in [0.717, 1.165) is 34.8 Å². The molecule has 150 valence electrons. The van der Waals surface area contributed by atoms with Crippen LogP contribution in [0.3, 0.4) is 0 Å². The van der Waals surface area contributed by atoms with Crippen molar-refractivity contribution in [2.75, 3.05) is 5.32 Å². The number of benzene rings is 2. The monoisotopic (exact) mass is 405 g/mol. The van der Waals surface area contributed by atoms with E-state index in [4.69, 9.17) is 0 Å².